The summed E-state index contributed by atoms with van der Waals surface area (Å²) in [6.07, 6.45) is 3.35. The molecule has 1 aliphatic rings. The summed E-state index contributed by atoms with van der Waals surface area (Å²) in [5.74, 6) is 1.23. The van der Waals surface area contributed by atoms with Crippen molar-refractivity contribution in [1.82, 2.24) is 14.5 Å². The van der Waals surface area contributed by atoms with Crippen molar-refractivity contribution in [3.8, 4) is 22.8 Å². The summed E-state index contributed by atoms with van der Waals surface area (Å²) in [7, 11) is 3.20. The first-order valence-electron chi connectivity index (χ1n) is 12.5. The number of aryl methyl sites for hydroxylation is 4. The lowest BCUT2D eigenvalue weighted by Crippen LogP contribution is -2.43. The maximum atomic E-state index is 13.9. The third kappa shape index (κ3) is 5.88. The molecule has 11 heteroatoms. The average molecular weight is 552 g/mol. The normalized spacial score (nSPS) is 13.1. The van der Waals surface area contributed by atoms with E-state index in [0.29, 0.717) is 41.5 Å². The lowest BCUT2D eigenvalue weighted by Gasteiger charge is -2.24. The van der Waals surface area contributed by atoms with Crippen molar-refractivity contribution in [1.29, 1.82) is 0 Å². The lowest BCUT2D eigenvalue weighted by molar-refractivity contribution is -0.403. The van der Waals surface area contributed by atoms with E-state index in [2.05, 4.69) is 17.4 Å². The molecule has 0 bridgehead atoms. The van der Waals surface area contributed by atoms with Crippen molar-refractivity contribution in [3.63, 3.8) is 0 Å². The molecule has 0 unspecified atom stereocenters. The van der Waals surface area contributed by atoms with E-state index in [1.54, 1.807) is 29.6 Å². The molecule has 0 fully saturated rings. The van der Waals surface area contributed by atoms with Gasteiger partial charge in [0, 0.05) is 31.3 Å². The van der Waals surface area contributed by atoms with Crippen LogP contribution in [0.25, 0.3) is 11.3 Å². The van der Waals surface area contributed by atoms with Crippen LogP contribution in [0.4, 0.5) is 5.69 Å². The van der Waals surface area contributed by atoms with Crippen LogP contribution in [-0.2, 0) is 19.5 Å². The molecule has 3 aromatic rings. The Bertz CT molecular complexity index is 1570. The Morgan fingerprint density at radius 1 is 1.13 bits per heavy atom. The fraction of sp³-hybridized carbons (Fsp3) is 0.357. The summed E-state index contributed by atoms with van der Waals surface area (Å²) < 4.78 is 14.4. The number of ether oxygens (including phenoxy) is 2. The van der Waals surface area contributed by atoms with Gasteiger partial charge in [-0.2, -0.15) is 0 Å². The highest BCUT2D eigenvalue weighted by molar-refractivity contribution is 8.02. The molecule has 10 nitrogen and oxygen atoms in total. The Kier molecular flexibility index (Phi) is 8.49. The van der Waals surface area contributed by atoms with Crippen LogP contribution in [0.5, 0.6) is 11.5 Å². The van der Waals surface area contributed by atoms with Crippen LogP contribution in [-0.4, -0.2) is 41.1 Å². The van der Waals surface area contributed by atoms with E-state index in [1.807, 2.05) is 39.0 Å². The van der Waals surface area contributed by atoms with Crippen LogP contribution >= 0.6 is 11.8 Å². The Hall–Kier alpha value is -3.99. The molecule has 206 valence electrons. The van der Waals surface area contributed by atoms with Crippen LogP contribution in [0.3, 0.4) is 0 Å². The van der Waals surface area contributed by atoms with Crippen molar-refractivity contribution in [2.75, 3.05) is 27.0 Å². The van der Waals surface area contributed by atoms with Crippen molar-refractivity contribution in [2.45, 2.75) is 40.3 Å². The van der Waals surface area contributed by atoms with Gasteiger partial charge in [-0.3, -0.25) is 19.2 Å². The molecule has 1 aromatic heterocycles. The fourth-order valence-electron chi connectivity index (χ4n) is 4.99. The fourth-order valence-corrected chi connectivity index (χ4v) is 5.42. The van der Waals surface area contributed by atoms with Crippen molar-refractivity contribution < 1.29 is 14.4 Å². The third-order valence-electron chi connectivity index (χ3n) is 6.72. The monoisotopic (exact) mass is 551 g/mol. The average Bonchev–Trinajstić information content (AvgIpc) is 2.90. The standard InChI is InChI=1S/C28H33N5O5S/c1-17-11-18(2)27(19(3)12-17)30-25-15-22-21-14-24(38-5)23(37-4)13-20(21)7-9-31(22)28(34)32(25)10-8-29-26(39-6)16-33(35)36/h11-16,29H,7-10H2,1-6H3/b26-16-,30-25+. The van der Waals surface area contributed by atoms with Crippen LogP contribution in [0.2, 0.25) is 0 Å². The van der Waals surface area contributed by atoms with Crippen molar-refractivity contribution >= 4 is 17.4 Å². The van der Waals surface area contributed by atoms with Gasteiger partial charge in [-0.05, 0) is 62.3 Å². The predicted octanol–water partition coefficient (Wildman–Crippen LogP) is 4.08. The Balaban J connectivity index is 1.91. The number of nitro groups is 1. The molecule has 2 aromatic carbocycles. The maximum Gasteiger partial charge on any atom is 0.330 e. The summed E-state index contributed by atoms with van der Waals surface area (Å²) >= 11 is 1.24. The molecule has 39 heavy (non-hydrogen) atoms. The van der Waals surface area contributed by atoms with Gasteiger partial charge in [0.15, 0.2) is 11.5 Å². The second-order valence-electron chi connectivity index (χ2n) is 9.36. The van der Waals surface area contributed by atoms with Gasteiger partial charge in [0.05, 0.1) is 30.5 Å². The molecule has 0 spiro atoms. The molecule has 1 aliphatic heterocycles. The molecule has 0 aliphatic carbocycles. The number of benzene rings is 2. The molecule has 0 amide bonds. The number of rotatable bonds is 9. The number of thioether (sulfide) groups is 1. The molecule has 1 N–H and O–H groups in total. The van der Waals surface area contributed by atoms with E-state index in [-0.39, 0.29) is 12.2 Å². The molecule has 0 atom stereocenters. The van der Waals surface area contributed by atoms with Crippen molar-refractivity contribution in [2.24, 2.45) is 4.99 Å². The van der Waals surface area contributed by atoms with Gasteiger partial charge in [0.25, 0.3) is 6.20 Å². The van der Waals surface area contributed by atoms with E-state index in [1.165, 1.54) is 11.8 Å². The first-order chi connectivity index (χ1) is 18.7. The van der Waals surface area contributed by atoms with Gasteiger partial charge in [0.2, 0.25) is 0 Å². The van der Waals surface area contributed by atoms with E-state index in [0.717, 1.165) is 45.4 Å². The molecule has 0 saturated carbocycles. The first-order valence-corrected chi connectivity index (χ1v) is 13.7. The summed E-state index contributed by atoms with van der Waals surface area (Å²) in [6.45, 7) is 7.16. The summed E-state index contributed by atoms with van der Waals surface area (Å²) in [5, 5.41) is 14.4. The zero-order valence-electron chi connectivity index (χ0n) is 23.0. The van der Waals surface area contributed by atoms with Gasteiger partial charge in [-0.25, -0.2) is 9.79 Å². The topological polar surface area (TPSA) is 113 Å². The van der Waals surface area contributed by atoms with E-state index >= 15 is 0 Å². The number of hydrogen-bond acceptors (Lipinski definition) is 8. The molecular formula is C28H33N5O5S. The Labute approximate surface area is 231 Å². The van der Waals surface area contributed by atoms with Crippen LogP contribution in [0, 0.1) is 30.9 Å². The van der Waals surface area contributed by atoms with E-state index in [9.17, 15) is 14.9 Å². The zero-order valence-corrected chi connectivity index (χ0v) is 23.8. The molecule has 0 saturated heterocycles. The number of methoxy groups -OCH3 is 2. The molecule has 4 rings (SSSR count). The Morgan fingerprint density at radius 3 is 2.41 bits per heavy atom. The summed E-state index contributed by atoms with van der Waals surface area (Å²) in [5.41, 5.74) is 7.01. The predicted molar refractivity (Wildman–Crippen MR) is 153 cm³/mol. The van der Waals surface area contributed by atoms with Gasteiger partial charge >= 0.3 is 5.69 Å². The minimum absolute atomic E-state index is 0.195. The summed E-state index contributed by atoms with van der Waals surface area (Å²) in [4.78, 5) is 29.4. The highest BCUT2D eigenvalue weighted by Gasteiger charge is 2.22. The molecule has 2 heterocycles. The van der Waals surface area contributed by atoms with Crippen LogP contribution in [0.15, 0.2) is 51.3 Å². The highest BCUT2D eigenvalue weighted by atomic mass is 32.2. The van der Waals surface area contributed by atoms with Gasteiger partial charge in [-0.1, -0.05) is 17.7 Å². The SMILES string of the molecule is COc1cc2c(cc1OC)-c1c/c(=N\c3c(C)cc(C)cc3C)n(CCN/C(=C/[N+](=O)[O-])SC)c(=O)n1CC2. The molecular weight excluding hydrogens is 518 g/mol. The number of fused-ring (bicyclic) bond motifs is 3. The van der Waals surface area contributed by atoms with Gasteiger partial charge in [0.1, 0.15) is 10.5 Å². The third-order valence-corrected chi connectivity index (χ3v) is 7.41. The van der Waals surface area contributed by atoms with Gasteiger partial charge < -0.3 is 14.8 Å². The number of hydrogen-bond donors (Lipinski definition) is 1. The minimum Gasteiger partial charge on any atom is -0.493 e. The quantitative estimate of drug-likeness (QED) is 0.315. The van der Waals surface area contributed by atoms with E-state index in [4.69, 9.17) is 14.5 Å². The van der Waals surface area contributed by atoms with Gasteiger partial charge in [-0.15, -0.1) is 11.8 Å². The first kappa shape index (κ1) is 28.0. The summed E-state index contributed by atoms with van der Waals surface area (Å²) in [6, 6.07) is 9.95. The van der Waals surface area contributed by atoms with Crippen LogP contribution < -0.4 is 26.0 Å². The number of nitrogens with one attached hydrogen (secondary N) is 1. The van der Waals surface area contributed by atoms with Crippen LogP contribution in [0.1, 0.15) is 22.3 Å². The highest BCUT2D eigenvalue weighted by Crippen LogP contribution is 2.37. The second kappa shape index (κ2) is 11.8. The lowest BCUT2D eigenvalue weighted by atomic mass is 9.97. The zero-order chi connectivity index (χ0) is 28.3. The Morgan fingerprint density at radius 2 is 1.79 bits per heavy atom. The number of nitrogens with zero attached hydrogens (tertiary/aromatic N) is 4. The minimum atomic E-state index is -0.496. The van der Waals surface area contributed by atoms with E-state index < -0.39 is 4.92 Å². The number of aromatic nitrogens is 2. The second-order valence-corrected chi connectivity index (χ2v) is 10.2. The maximum absolute atomic E-state index is 13.9. The molecule has 0 radical (unpaired) electrons. The largest absolute Gasteiger partial charge is 0.493 e. The smallest absolute Gasteiger partial charge is 0.330 e. The van der Waals surface area contributed by atoms with Crippen molar-refractivity contribution in [3.05, 3.63) is 89.9 Å².